The van der Waals surface area contributed by atoms with Crippen LogP contribution >= 0.6 is 0 Å². The van der Waals surface area contributed by atoms with Crippen molar-refractivity contribution in [3.63, 3.8) is 0 Å². The van der Waals surface area contributed by atoms with E-state index in [9.17, 15) is 0 Å². The largest absolute Gasteiger partial charge is 0.416 e. The summed E-state index contributed by atoms with van der Waals surface area (Å²) in [7, 11) is 0. The molecule has 0 aromatic rings. The summed E-state index contributed by atoms with van der Waals surface area (Å²) in [5, 5.41) is 0. The predicted octanol–water partition coefficient (Wildman–Crippen LogP) is 1.72. The number of hydrogen-bond acceptors (Lipinski definition) is 2. The van der Waals surface area contributed by atoms with Crippen molar-refractivity contribution in [3.05, 3.63) is 11.8 Å². The summed E-state index contributed by atoms with van der Waals surface area (Å²) in [4.78, 5) is 4.63. The lowest BCUT2D eigenvalue weighted by atomic mass is 10.2. The third kappa shape index (κ3) is 2.06. The summed E-state index contributed by atoms with van der Waals surface area (Å²) in [6.45, 7) is 0. The van der Waals surface area contributed by atoms with Crippen molar-refractivity contribution in [3.8, 4) is 0 Å². The lowest BCUT2D eigenvalue weighted by Crippen LogP contribution is -1.97. The minimum atomic E-state index is 0.965. The molecule has 52 valence electrons. The summed E-state index contributed by atoms with van der Waals surface area (Å²) < 4.78 is 0. The summed E-state index contributed by atoms with van der Waals surface area (Å²) in [5.74, 6) is 5.97. The summed E-state index contributed by atoms with van der Waals surface area (Å²) in [6, 6.07) is 0. The highest BCUT2D eigenvalue weighted by molar-refractivity contribution is 4.94. The van der Waals surface area contributed by atoms with Crippen molar-refractivity contribution in [2.24, 2.45) is 5.90 Å². The van der Waals surface area contributed by atoms with E-state index in [2.05, 4.69) is 10.9 Å². The maximum absolute atomic E-state index is 5.00. The van der Waals surface area contributed by atoms with E-state index in [0.29, 0.717) is 0 Å². The van der Waals surface area contributed by atoms with Gasteiger partial charge in [0.25, 0.3) is 0 Å². The van der Waals surface area contributed by atoms with Crippen LogP contribution in [0.3, 0.4) is 0 Å². The molecule has 1 aliphatic carbocycles. The summed E-state index contributed by atoms with van der Waals surface area (Å²) in [6.07, 6.45) is 8.06. The minimum absolute atomic E-state index is 0.965. The smallest absolute Gasteiger partial charge is 0.119 e. The van der Waals surface area contributed by atoms with Gasteiger partial charge in [0.1, 0.15) is 5.76 Å². The van der Waals surface area contributed by atoms with Crippen LogP contribution in [0.2, 0.25) is 0 Å². The zero-order valence-corrected chi connectivity index (χ0v) is 5.60. The molecule has 0 amide bonds. The Hall–Kier alpha value is -0.500. The first kappa shape index (κ1) is 6.62. The van der Waals surface area contributed by atoms with Gasteiger partial charge in [0.2, 0.25) is 0 Å². The molecule has 0 saturated heterocycles. The predicted molar refractivity (Wildman–Crippen MR) is 36.4 cm³/mol. The van der Waals surface area contributed by atoms with E-state index in [1.807, 2.05) is 0 Å². The molecule has 0 aromatic heterocycles. The molecule has 1 rings (SSSR count). The fourth-order valence-electron chi connectivity index (χ4n) is 1.09. The second-order valence-electron chi connectivity index (χ2n) is 2.39. The SMILES string of the molecule is NOC1=CCCCCC1. The lowest BCUT2D eigenvalue weighted by Gasteiger charge is -1.99. The molecule has 1 aliphatic rings. The average molecular weight is 127 g/mol. The molecule has 0 aliphatic heterocycles. The second-order valence-corrected chi connectivity index (χ2v) is 2.39. The molecule has 2 nitrogen and oxygen atoms in total. The zero-order valence-electron chi connectivity index (χ0n) is 5.60. The van der Waals surface area contributed by atoms with Crippen LogP contribution in [-0.4, -0.2) is 0 Å². The van der Waals surface area contributed by atoms with Crippen LogP contribution in [0.15, 0.2) is 11.8 Å². The highest BCUT2D eigenvalue weighted by Crippen LogP contribution is 2.15. The summed E-state index contributed by atoms with van der Waals surface area (Å²) >= 11 is 0. The molecular formula is C7H13NO. The van der Waals surface area contributed by atoms with E-state index in [-0.39, 0.29) is 0 Å². The third-order valence-electron chi connectivity index (χ3n) is 1.65. The van der Waals surface area contributed by atoms with Crippen LogP contribution in [-0.2, 0) is 4.84 Å². The van der Waals surface area contributed by atoms with E-state index in [4.69, 9.17) is 5.90 Å². The fourth-order valence-corrected chi connectivity index (χ4v) is 1.09. The van der Waals surface area contributed by atoms with Gasteiger partial charge in [-0.25, -0.2) is 0 Å². The van der Waals surface area contributed by atoms with Crippen molar-refractivity contribution in [1.82, 2.24) is 0 Å². The van der Waals surface area contributed by atoms with Crippen LogP contribution in [0.1, 0.15) is 32.1 Å². The van der Waals surface area contributed by atoms with Gasteiger partial charge in [-0.05, 0) is 25.3 Å². The maximum Gasteiger partial charge on any atom is 0.119 e. The Balaban J connectivity index is 2.37. The molecule has 0 aromatic carbocycles. The molecule has 9 heavy (non-hydrogen) atoms. The van der Waals surface area contributed by atoms with Crippen LogP contribution < -0.4 is 5.90 Å². The molecule has 0 bridgehead atoms. The van der Waals surface area contributed by atoms with Gasteiger partial charge < -0.3 is 4.84 Å². The van der Waals surface area contributed by atoms with Crippen molar-refractivity contribution < 1.29 is 4.84 Å². The Morgan fingerprint density at radius 1 is 1.33 bits per heavy atom. The standard InChI is InChI=1S/C7H13NO/c8-9-7-5-3-1-2-4-6-7/h5H,1-4,6,8H2. The van der Waals surface area contributed by atoms with Crippen molar-refractivity contribution in [2.75, 3.05) is 0 Å². The molecule has 0 unspecified atom stereocenters. The molecule has 0 heterocycles. The van der Waals surface area contributed by atoms with Gasteiger partial charge in [0, 0.05) is 6.42 Å². The number of rotatable bonds is 1. The van der Waals surface area contributed by atoms with Crippen LogP contribution in [0, 0.1) is 0 Å². The van der Waals surface area contributed by atoms with Gasteiger partial charge in [-0.1, -0.05) is 6.42 Å². The van der Waals surface area contributed by atoms with Crippen molar-refractivity contribution in [1.29, 1.82) is 0 Å². The Morgan fingerprint density at radius 2 is 2.22 bits per heavy atom. The van der Waals surface area contributed by atoms with Gasteiger partial charge in [-0.3, -0.25) is 0 Å². The van der Waals surface area contributed by atoms with E-state index < -0.39 is 0 Å². The quantitative estimate of drug-likeness (QED) is 0.544. The average Bonchev–Trinajstić information content (AvgIpc) is 2.13. The highest BCUT2D eigenvalue weighted by atomic mass is 16.6. The van der Waals surface area contributed by atoms with Gasteiger partial charge in [-0.2, -0.15) is 5.90 Å². The molecular weight excluding hydrogens is 114 g/mol. The zero-order chi connectivity index (χ0) is 6.53. The Labute approximate surface area is 55.6 Å². The Morgan fingerprint density at radius 3 is 3.00 bits per heavy atom. The topological polar surface area (TPSA) is 35.2 Å². The Kier molecular flexibility index (Phi) is 2.58. The minimum Gasteiger partial charge on any atom is -0.416 e. The first-order chi connectivity index (χ1) is 4.43. The van der Waals surface area contributed by atoms with Crippen LogP contribution in [0.25, 0.3) is 0 Å². The molecule has 0 radical (unpaired) electrons. The van der Waals surface area contributed by atoms with Crippen LogP contribution in [0.4, 0.5) is 0 Å². The normalized spacial score (nSPS) is 20.3. The van der Waals surface area contributed by atoms with E-state index >= 15 is 0 Å². The Bertz CT molecular complexity index is 109. The van der Waals surface area contributed by atoms with E-state index in [0.717, 1.165) is 18.6 Å². The molecule has 0 fully saturated rings. The van der Waals surface area contributed by atoms with Crippen LogP contribution in [0.5, 0.6) is 0 Å². The molecule has 0 saturated carbocycles. The number of hydrogen-bond donors (Lipinski definition) is 1. The van der Waals surface area contributed by atoms with Crippen molar-refractivity contribution in [2.45, 2.75) is 32.1 Å². The fraction of sp³-hybridized carbons (Fsp3) is 0.714. The van der Waals surface area contributed by atoms with Gasteiger partial charge in [0.15, 0.2) is 0 Å². The van der Waals surface area contributed by atoms with Gasteiger partial charge >= 0.3 is 0 Å². The third-order valence-corrected chi connectivity index (χ3v) is 1.65. The maximum atomic E-state index is 5.00. The lowest BCUT2D eigenvalue weighted by molar-refractivity contribution is 0.208. The number of allylic oxidation sites excluding steroid dienone is 2. The van der Waals surface area contributed by atoms with Crippen molar-refractivity contribution >= 4 is 0 Å². The van der Waals surface area contributed by atoms with Gasteiger partial charge in [-0.15, -0.1) is 0 Å². The second kappa shape index (κ2) is 3.51. The molecule has 0 spiro atoms. The first-order valence-corrected chi connectivity index (χ1v) is 3.49. The number of nitrogens with two attached hydrogens (primary N) is 1. The first-order valence-electron chi connectivity index (χ1n) is 3.49. The molecule has 2 heteroatoms. The summed E-state index contributed by atoms with van der Waals surface area (Å²) in [5.41, 5.74) is 0. The van der Waals surface area contributed by atoms with E-state index in [1.165, 1.54) is 19.3 Å². The highest BCUT2D eigenvalue weighted by Gasteiger charge is 2.00. The van der Waals surface area contributed by atoms with Gasteiger partial charge in [0.05, 0.1) is 0 Å². The van der Waals surface area contributed by atoms with E-state index in [1.54, 1.807) is 0 Å². The molecule has 2 N–H and O–H groups in total. The monoisotopic (exact) mass is 127 g/mol. The molecule has 0 atom stereocenters.